The van der Waals surface area contributed by atoms with Gasteiger partial charge in [-0.1, -0.05) is 51.5 Å². The van der Waals surface area contributed by atoms with Gasteiger partial charge in [0.2, 0.25) is 17.6 Å². The summed E-state index contributed by atoms with van der Waals surface area (Å²) in [6.45, 7) is 10.1. The number of hydrogen-bond acceptors (Lipinski definition) is 5. The lowest BCUT2D eigenvalue weighted by molar-refractivity contribution is -0.144. The number of likely N-dealkylation sites (tertiary alicyclic amines) is 1. The lowest BCUT2D eigenvalue weighted by Gasteiger charge is -2.35. The molecular formula is C29H41N5O5. The molecule has 212 valence electrons. The Hall–Kier alpha value is -3.43. The fourth-order valence-corrected chi connectivity index (χ4v) is 6.63. The largest absolute Gasteiger partial charge is 0.363 e. The van der Waals surface area contributed by atoms with E-state index in [0.717, 1.165) is 11.1 Å². The number of rotatable bonds is 10. The van der Waals surface area contributed by atoms with Gasteiger partial charge in [-0.3, -0.25) is 19.2 Å². The first-order valence-electron chi connectivity index (χ1n) is 13.9. The van der Waals surface area contributed by atoms with Gasteiger partial charge >= 0.3 is 6.03 Å². The minimum atomic E-state index is -1.10. The summed E-state index contributed by atoms with van der Waals surface area (Å²) in [6, 6.07) is 4.80. The quantitative estimate of drug-likeness (QED) is 0.331. The summed E-state index contributed by atoms with van der Waals surface area (Å²) in [5.74, 6) is -2.83. The molecule has 5 atom stereocenters. The maximum Gasteiger partial charge on any atom is 0.315 e. The van der Waals surface area contributed by atoms with E-state index in [0.29, 0.717) is 25.8 Å². The highest BCUT2D eigenvalue weighted by molar-refractivity contribution is 6.37. The van der Waals surface area contributed by atoms with Gasteiger partial charge in [0.25, 0.3) is 5.91 Å². The minimum absolute atomic E-state index is 0.0849. The number of ketones is 1. The van der Waals surface area contributed by atoms with Crippen LogP contribution in [-0.2, 0) is 32.0 Å². The average Bonchev–Trinajstić information content (AvgIpc) is 3.24. The van der Waals surface area contributed by atoms with Crippen LogP contribution in [0.4, 0.5) is 4.79 Å². The van der Waals surface area contributed by atoms with Crippen LogP contribution in [0.25, 0.3) is 0 Å². The summed E-state index contributed by atoms with van der Waals surface area (Å²) in [5, 5.41) is 8.45. The molecule has 1 heterocycles. The third-order valence-electron chi connectivity index (χ3n) is 8.74. The summed E-state index contributed by atoms with van der Waals surface area (Å²) < 4.78 is 0. The van der Waals surface area contributed by atoms with Crippen LogP contribution < -0.4 is 21.7 Å². The zero-order valence-electron chi connectivity index (χ0n) is 23.5. The van der Waals surface area contributed by atoms with E-state index in [1.54, 1.807) is 4.90 Å². The van der Waals surface area contributed by atoms with Gasteiger partial charge in [-0.25, -0.2) is 4.79 Å². The van der Waals surface area contributed by atoms with Crippen LogP contribution in [-0.4, -0.2) is 65.1 Å². The number of urea groups is 1. The third-order valence-corrected chi connectivity index (χ3v) is 8.74. The van der Waals surface area contributed by atoms with Crippen LogP contribution in [0.5, 0.6) is 0 Å². The predicted molar refractivity (Wildman–Crippen MR) is 145 cm³/mol. The molecular weight excluding hydrogens is 498 g/mol. The fourth-order valence-electron chi connectivity index (χ4n) is 6.63. The first-order chi connectivity index (χ1) is 18.4. The number of fused-ring (bicyclic) bond motifs is 2. The molecule has 10 heteroatoms. The Labute approximate surface area is 229 Å². The minimum Gasteiger partial charge on any atom is -0.363 e. The normalized spacial score (nSPS) is 24.4. The van der Waals surface area contributed by atoms with Crippen molar-refractivity contribution >= 4 is 29.5 Å². The number of carbonyl (C=O) groups excluding carboxylic acids is 5. The van der Waals surface area contributed by atoms with Crippen LogP contribution >= 0.6 is 0 Å². The molecule has 5 unspecified atom stereocenters. The maximum absolute atomic E-state index is 14.2. The molecule has 39 heavy (non-hydrogen) atoms. The van der Waals surface area contributed by atoms with E-state index in [9.17, 15) is 24.0 Å². The summed E-state index contributed by atoms with van der Waals surface area (Å²) >= 11 is 0. The molecule has 0 radical (unpaired) electrons. The van der Waals surface area contributed by atoms with E-state index in [1.807, 2.05) is 45.0 Å². The Morgan fingerprint density at radius 2 is 1.64 bits per heavy atom. The molecule has 5 amide bonds. The summed E-state index contributed by atoms with van der Waals surface area (Å²) in [5.41, 5.74) is 7.38. The van der Waals surface area contributed by atoms with Gasteiger partial charge < -0.3 is 26.6 Å². The monoisotopic (exact) mass is 539 g/mol. The van der Waals surface area contributed by atoms with Gasteiger partial charge in [-0.05, 0) is 67.4 Å². The number of benzene rings is 1. The Morgan fingerprint density at radius 1 is 1.03 bits per heavy atom. The molecule has 1 saturated heterocycles. The number of amides is 5. The van der Waals surface area contributed by atoms with Crippen molar-refractivity contribution in [1.82, 2.24) is 20.9 Å². The number of piperidine rings is 1. The molecule has 4 rings (SSSR count). The zero-order chi connectivity index (χ0) is 28.6. The second-order valence-electron chi connectivity index (χ2n) is 12.2. The van der Waals surface area contributed by atoms with Crippen molar-refractivity contribution < 1.29 is 24.0 Å². The lowest BCUT2D eigenvalue weighted by atomic mass is 9.93. The Kier molecular flexibility index (Phi) is 8.04. The zero-order valence-corrected chi connectivity index (χ0v) is 23.5. The smallest absolute Gasteiger partial charge is 0.315 e. The maximum atomic E-state index is 14.2. The van der Waals surface area contributed by atoms with E-state index >= 15 is 0 Å². The Balaban J connectivity index is 1.60. The fraction of sp³-hybridized carbons (Fsp3) is 0.621. The molecule has 0 aromatic heterocycles. The van der Waals surface area contributed by atoms with Crippen molar-refractivity contribution in [3.63, 3.8) is 0 Å². The molecule has 2 aliphatic carbocycles. The number of hydrogen-bond donors (Lipinski definition) is 4. The highest BCUT2D eigenvalue weighted by atomic mass is 16.2. The predicted octanol–water partition coefficient (Wildman–Crippen LogP) is 1.30. The van der Waals surface area contributed by atoms with Gasteiger partial charge in [0.05, 0.1) is 6.04 Å². The van der Waals surface area contributed by atoms with Gasteiger partial charge in [0.15, 0.2) is 0 Å². The molecule has 1 aliphatic heterocycles. The number of Topliss-reactive ketones (excluding diaryl/α,β-unsaturated/α-hetero) is 1. The van der Waals surface area contributed by atoms with Gasteiger partial charge in [0, 0.05) is 12.6 Å². The average molecular weight is 540 g/mol. The molecule has 1 saturated carbocycles. The van der Waals surface area contributed by atoms with Crippen LogP contribution in [0.15, 0.2) is 24.3 Å². The first-order valence-corrected chi connectivity index (χ1v) is 13.9. The van der Waals surface area contributed by atoms with Gasteiger partial charge in [-0.2, -0.15) is 0 Å². The standard InChI is InChI=1S/C29H41N5O5/c1-6-9-20(24(35)25(30)36)32-26(37)23-21-19(29(21,4)5)14-34(23)27(38)22(33-28(39)31-15(2)3)18-12-16-10-7-8-11-17(16)13-18/h7-8,10-11,15,18-23H,6,9,12-14H2,1-5H3,(H2,30,36)(H,32,37)(H2,31,33,39). The number of nitrogens with zero attached hydrogens (tertiary/aromatic N) is 1. The summed E-state index contributed by atoms with van der Waals surface area (Å²) in [4.78, 5) is 66.3. The van der Waals surface area contributed by atoms with E-state index in [1.165, 1.54) is 0 Å². The van der Waals surface area contributed by atoms with Crippen LogP contribution in [0, 0.1) is 23.2 Å². The van der Waals surface area contributed by atoms with Crippen LogP contribution in [0.2, 0.25) is 0 Å². The third kappa shape index (κ3) is 5.65. The van der Waals surface area contributed by atoms with Crippen molar-refractivity contribution in [3.05, 3.63) is 35.4 Å². The van der Waals surface area contributed by atoms with Crippen molar-refractivity contribution in [3.8, 4) is 0 Å². The van der Waals surface area contributed by atoms with E-state index in [2.05, 4.69) is 29.8 Å². The van der Waals surface area contributed by atoms with Gasteiger partial charge in [0.1, 0.15) is 12.1 Å². The molecule has 10 nitrogen and oxygen atoms in total. The van der Waals surface area contributed by atoms with E-state index in [-0.39, 0.29) is 41.5 Å². The molecule has 5 N–H and O–H groups in total. The van der Waals surface area contributed by atoms with Crippen molar-refractivity contribution in [2.75, 3.05) is 6.54 Å². The van der Waals surface area contributed by atoms with E-state index in [4.69, 9.17) is 5.73 Å². The number of nitrogens with one attached hydrogen (secondary N) is 3. The molecule has 1 aromatic rings. The number of primary amides is 1. The van der Waals surface area contributed by atoms with Crippen molar-refractivity contribution in [1.29, 1.82) is 0 Å². The number of nitrogens with two attached hydrogens (primary N) is 1. The highest BCUT2D eigenvalue weighted by Gasteiger charge is 2.69. The topological polar surface area (TPSA) is 151 Å². The molecule has 2 fully saturated rings. The molecule has 0 bridgehead atoms. The summed E-state index contributed by atoms with van der Waals surface area (Å²) in [6.07, 6.45) is 2.12. The molecule has 3 aliphatic rings. The summed E-state index contributed by atoms with van der Waals surface area (Å²) in [7, 11) is 0. The Bertz CT molecular complexity index is 1140. The number of carbonyl (C=O) groups is 5. The second-order valence-corrected chi connectivity index (χ2v) is 12.2. The van der Waals surface area contributed by atoms with Crippen molar-refractivity contribution in [2.24, 2.45) is 28.9 Å². The van der Waals surface area contributed by atoms with Crippen LogP contribution in [0.1, 0.15) is 58.6 Å². The molecule has 0 spiro atoms. The van der Waals surface area contributed by atoms with E-state index < -0.39 is 41.8 Å². The molecule has 1 aromatic carbocycles. The van der Waals surface area contributed by atoms with Crippen molar-refractivity contribution in [2.45, 2.75) is 84.5 Å². The SMILES string of the molecule is CCCC(NC(=O)C1C2C(CN1C(=O)C(NC(=O)NC(C)C)C1Cc3ccccc3C1)C2(C)C)C(=O)C(N)=O. The van der Waals surface area contributed by atoms with Crippen LogP contribution in [0.3, 0.4) is 0 Å². The Morgan fingerprint density at radius 3 is 2.18 bits per heavy atom. The highest BCUT2D eigenvalue weighted by Crippen LogP contribution is 2.65. The van der Waals surface area contributed by atoms with Gasteiger partial charge in [-0.15, -0.1) is 0 Å². The second kappa shape index (κ2) is 11.0. The first kappa shape index (κ1) is 28.6. The lowest BCUT2D eigenvalue weighted by Crippen LogP contribution is -2.60.